The number of nitrogens with one attached hydrogen (secondary N) is 1. The molecule has 4 heteroatoms. The molecule has 4 nitrogen and oxygen atoms in total. The Labute approximate surface area is 117 Å². The summed E-state index contributed by atoms with van der Waals surface area (Å²) in [6.45, 7) is 8.70. The zero-order chi connectivity index (χ0) is 14.1. The van der Waals surface area contributed by atoms with E-state index in [0.717, 1.165) is 32.4 Å². The zero-order valence-electron chi connectivity index (χ0n) is 12.5. The fourth-order valence-corrected chi connectivity index (χ4v) is 2.61. The highest BCUT2D eigenvalue weighted by Crippen LogP contribution is 2.10. The van der Waals surface area contributed by atoms with Crippen LogP contribution in [-0.2, 0) is 4.79 Å². The van der Waals surface area contributed by atoms with Gasteiger partial charge in [-0.1, -0.05) is 19.8 Å². The number of carboxylic acid groups (broad SMARTS) is 1. The number of nitrogens with zero attached hydrogens (tertiary/aromatic N) is 1. The average molecular weight is 270 g/mol. The molecule has 0 aliphatic carbocycles. The third-order valence-corrected chi connectivity index (χ3v) is 4.07. The maximum absolute atomic E-state index is 10.7. The summed E-state index contributed by atoms with van der Waals surface area (Å²) >= 11 is 0. The van der Waals surface area contributed by atoms with Gasteiger partial charge in [-0.2, -0.15) is 0 Å². The minimum absolute atomic E-state index is 0.208. The van der Waals surface area contributed by atoms with Crippen molar-refractivity contribution in [1.82, 2.24) is 10.2 Å². The van der Waals surface area contributed by atoms with Crippen molar-refractivity contribution in [1.29, 1.82) is 0 Å². The van der Waals surface area contributed by atoms with Crippen molar-refractivity contribution in [3.8, 4) is 0 Å². The molecule has 2 N–H and O–H groups in total. The number of carboxylic acids is 1. The third-order valence-electron chi connectivity index (χ3n) is 4.07. The molecule has 0 aromatic rings. The second-order valence-electron chi connectivity index (χ2n) is 5.93. The lowest BCUT2D eigenvalue weighted by Gasteiger charge is -2.27. The van der Waals surface area contributed by atoms with Crippen molar-refractivity contribution in [2.75, 3.05) is 26.2 Å². The predicted molar refractivity (Wildman–Crippen MR) is 78.4 cm³/mol. The molecule has 19 heavy (non-hydrogen) atoms. The van der Waals surface area contributed by atoms with E-state index in [-0.39, 0.29) is 5.92 Å². The van der Waals surface area contributed by atoms with Crippen LogP contribution in [0.5, 0.6) is 0 Å². The highest BCUT2D eigenvalue weighted by Gasteiger charge is 2.12. The van der Waals surface area contributed by atoms with Gasteiger partial charge < -0.3 is 15.3 Å². The van der Waals surface area contributed by atoms with Gasteiger partial charge in [0.15, 0.2) is 0 Å². The topological polar surface area (TPSA) is 52.6 Å². The van der Waals surface area contributed by atoms with Gasteiger partial charge in [-0.25, -0.2) is 0 Å². The van der Waals surface area contributed by atoms with Crippen LogP contribution in [0.15, 0.2) is 0 Å². The van der Waals surface area contributed by atoms with Crippen LogP contribution in [-0.4, -0.2) is 48.2 Å². The van der Waals surface area contributed by atoms with Gasteiger partial charge in [0.25, 0.3) is 0 Å². The highest BCUT2D eigenvalue weighted by molar-refractivity contribution is 5.69. The maximum Gasteiger partial charge on any atom is 0.306 e. The van der Waals surface area contributed by atoms with Gasteiger partial charge in [-0.3, -0.25) is 4.79 Å². The monoisotopic (exact) mass is 270 g/mol. The summed E-state index contributed by atoms with van der Waals surface area (Å²) in [5.74, 6) is -0.883. The van der Waals surface area contributed by atoms with E-state index in [1.807, 2.05) is 0 Å². The third kappa shape index (κ3) is 7.53. The first-order valence-electron chi connectivity index (χ1n) is 7.78. The molecule has 0 spiro atoms. The molecule has 0 amide bonds. The molecule has 112 valence electrons. The van der Waals surface area contributed by atoms with Crippen molar-refractivity contribution in [3.63, 3.8) is 0 Å². The fourth-order valence-electron chi connectivity index (χ4n) is 2.61. The molecule has 1 saturated heterocycles. The Kier molecular flexibility index (Phi) is 8.07. The number of carbonyl (C=O) groups is 1. The SMILES string of the molecule is CC(CCCC(C)C(=O)O)NCCN1CCCCC1. The van der Waals surface area contributed by atoms with E-state index in [9.17, 15) is 4.79 Å². The summed E-state index contributed by atoms with van der Waals surface area (Å²) < 4.78 is 0. The molecule has 0 bridgehead atoms. The summed E-state index contributed by atoms with van der Waals surface area (Å²) in [6, 6.07) is 0.491. The first kappa shape index (κ1) is 16.4. The molecular weight excluding hydrogens is 240 g/mol. The van der Waals surface area contributed by atoms with Gasteiger partial charge in [-0.05, 0) is 45.7 Å². The Balaban J connectivity index is 1.98. The summed E-state index contributed by atoms with van der Waals surface area (Å²) in [6.07, 6.45) is 6.93. The normalized spacial score (nSPS) is 20.1. The average Bonchev–Trinajstić information content (AvgIpc) is 2.39. The smallest absolute Gasteiger partial charge is 0.306 e. The molecule has 0 aromatic heterocycles. The number of piperidine rings is 1. The van der Waals surface area contributed by atoms with Crippen molar-refractivity contribution in [2.45, 2.75) is 58.4 Å². The lowest BCUT2D eigenvalue weighted by molar-refractivity contribution is -0.141. The Bertz CT molecular complexity index is 253. The van der Waals surface area contributed by atoms with Gasteiger partial charge >= 0.3 is 5.97 Å². The largest absolute Gasteiger partial charge is 0.481 e. The van der Waals surface area contributed by atoms with E-state index in [2.05, 4.69) is 17.1 Å². The lowest BCUT2D eigenvalue weighted by Crippen LogP contribution is -2.38. The van der Waals surface area contributed by atoms with Crippen molar-refractivity contribution >= 4 is 5.97 Å². The Morgan fingerprint density at radius 1 is 1.21 bits per heavy atom. The Morgan fingerprint density at radius 2 is 1.89 bits per heavy atom. The summed E-state index contributed by atoms with van der Waals surface area (Å²) in [4.78, 5) is 13.2. The van der Waals surface area contributed by atoms with E-state index in [4.69, 9.17) is 5.11 Å². The molecule has 1 heterocycles. The number of likely N-dealkylation sites (tertiary alicyclic amines) is 1. The molecule has 0 radical (unpaired) electrons. The number of aliphatic carboxylic acids is 1. The predicted octanol–water partition coefficient (Wildman–Crippen LogP) is 2.34. The minimum Gasteiger partial charge on any atom is -0.481 e. The molecule has 0 saturated carbocycles. The van der Waals surface area contributed by atoms with Crippen LogP contribution < -0.4 is 5.32 Å². The molecule has 0 aromatic carbocycles. The summed E-state index contributed by atoms with van der Waals surface area (Å²) in [5, 5.41) is 12.4. The molecule has 1 aliphatic heterocycles. The van der Waals surface area contributed by atoms with Crippen molar-refractivity contribution in [2.24, 2.45) is 5.92 Å². The highest BCUT2D eigenvalue weighted by atomic mass is 16.4. The van der Waals surface area contributed by atoms with Crippen LogP contribution in [0.4, 0.5) is 0 Å². The Morgan fingerprint density at radius 3 is 2.53 bits per heavy atom. The quantitative estimate of drug-likeness (QED) is 0.675. The number of hydrogen-bond donors (Lipinski definition) is 2. The standard InChI is InChI=1S/C15H30N2O2/c1-13(15(18)19)7-6-8-14(2)16-9-12-17-10-4-3-5-11-17/h13-14,16H,3-12H2,1-2H3,(H,18,19). The lowest BCUT2D eigenvalue weighted by atomic mass is 10.0. The molecule has 2 unspecified atom stereocenters. The molecule has 1 aliphatic rings. The van der Waals surface area contributed by atoms with Gasteiger partial charge in [0.2, 0.25) is 0 Å². The van der Waals surface area contributed by atoms with E-state index >= 15 is 0 Å². The van der Waals surface area contributed by atoms with Crippen LogP contribution in [0.1, 0.15) is 52.4 Å². The molecule has 1 fully saturated rings. The van der Waals surface area contributed by atoms with Crippen molar-refractivity contribution in [3.05, 3.63) is 0 Å². The Hall–Kier alpha value is -0.610. The van der Waals surface area contributed by atoms with E-state index in [1.165, 1.54) is 32.4 Å². The van der Waals surface area contributed by atoms with E-state index in [0.29, 0.717) is 6.04 Å². The fraction of sp³-hybridized carbons (Fsp3) is 0.933. The van der Waals surface area contributed by atoms with E-state index < -0.39 is 5.97 Å². The van der Waals surface area contributed by atoms with Crippen LogP contribution in [0, 0.1) is 5.92 Å². The van der Waals surface area contributed by atoms with Crippen LogP contribution in [0.2, 0.25) is 0 Å². The van der Waals surface area contributed by atoms with Crippen LogP contribution in [0.3, 0.4) is 0 Å². The first-order valence-corrected chi connectivity index (χ1v) is 7.78. The second-order valence-corrected chi connectivity index (χ2v) is 5.93. The summed E-state index contributed by atoms with van der Waals surface area (Å²) in [5.41, 5.74) is 0. The van der Waals surface area contributed by atoms with Gasteiger partial charge in [0.1, 0.15) is 0 Å². The molecule has 2 atom stereocenters. The molecular formula is C15H30N2O2. The first-order chi connectivity index (χ1) is 9.09. The van der Waals surface area contributed by atoms with E-state index in [1.54, 1.807) is 6.92 Å². The zero-order valence-corrected chi connectivity index (χ0v) is 12.5. The number of rotatable bonds is 9. The summed E-state index contributed by atoms with van der Waals surface area (Å²) in [7, 11) is 0. The van der Waals surface area contributed by atoms with Crippen LogP contribution >= 0.6 is 0 Å². The van der Waals surface area contributed by atoms with Gasteiger partial charge in [0.05, 0.1) is 5.92 Å². The van der Waals surface area contributed by atoms with Gasteiger partial charge in [-0.15, -0.1) is 0 Å². The van der Waals surface area contributed by atoms with Gasteiger partial charge in [0, 0.05) is 19.1 Å². The second kappa shape index (κ2) is 9.32. The molecule has 1 rings (SSSR count). The van der Waals surface area contributed by atoms with Crippen molar-refractivity contribution < 1.29 is 9.90 Å². The minimum atomic E-state index is -0.675. The van der Waals surface area contributed by atoms with Crippen LogP contribution in [0.25, 0.3) is 0 Å². The maximum atomic E-state index is 10.7. The number of hydrogen-bond acceptors (Lipinski definition) is 3.